The maximum Gasteiger partial charge on any atom is 0.232 e. The topological polar surface area (TPSA) is 66.5 Å². The minimum Gasteiger partial charge on any atom is -0.350 e. The minimum atomic E-state index is -3.41. The van der Waals surface area contributed by atoms with Gasteiger partial charge in [0, 0.05) is 13.0 Å². The van der Waals surface area contributed by atoms with Crippen LogP contribution in [0.3, 0.4) is 0 Å². The van der Waals surface area contributed by atoms with Gasteiger partial charge < -0.3 is 5.32 Å². The number of benzene rings is 2. The predicted octanol–water partition coefficient (Wildman–Crippen LogP) is 4.60. The van der Waals surface area contributed by atoms with Crippen molar-refractivity contribution < 1.29 is 13.2 Å². The van der Waals surface area contributed by atoms with Gasteiger partial charge in [-0.2, -0.15) is 0 Å². The molecule has 1 N–H and O–H groups in total. The molecule has 0 aliphatic heterocycles. The Bertz CT molecular complexity index is 982. The number of amides is 1. The third kappa shape index (κ3) is 6.33. The maximum absolute atomic E-state index is 12.5. The monoisotopic (exact) mass is 430 g/mol. The second-order valence-corrected chi connectivity index (χ2v) is 9.95. The number of carbonyl (C=O) groups is 1. The zero-order chi connectivity index (χ0) is 22.5. The summed E-state index contributed by atoms with van der Waals surface area (Å²) in [4.78, 5) is 12.5. The highest BCUT2D eigenvalue weighted by Gasteiger charge is 2.18. The van der Waals surface area contributed by atoms with Crippen molar-refractivity contribution in [1.29, 1.82) is 0 Å². The van der Waals surface area contributed by atoms with Gasteiger partial charge in [-0.3, -0.25) is 9.10 Å². The van der Waals surface area contributed by atoms with Gasteiger partial charge in [0.1, 0.15) is 0 Å². The molecule has 0 heterocycles. The molecule has 0 aromatic heterocycles. The third-order valence-corrected chi connectivity index (χ3v) is 6.72. The van der Waals surface area contributed by atoms with Crippen LogP contribution in [0.4, 0.5) is 5.69 Å². The molecule has 0 aliphatic carbocycles. The lowest BCUT2D eigenvalue weighted by molar-refractivity contribution is -0.121. The average Bonchev–Trinajstić information content (AvgIpc) is 2.67. The van der Waals surface area contributed by atoms with E-state index < -0.39 is 10.0 Å². The highest BCUT2D eigenvalue weighted by molar-refractivity contribution is 7.92. The van der Waals surface area contributed by atoms with Crippen LogP contribution in [0.2, 0.25) is 0 Å². The molecule has 6 heteroatoms. The normalized spacial score (nSPS) is 12.5. The third-order valence-electron chi connectivity index (χ3n) is 5.52. The fraction of sp³-hybridized carbons (Fsp3) is 0.458. The molecule has 1 amide bonds. The van der Waals surface area contributed by atoms with E-state index in [2.05, 4.69) is 45.1 Å². The molecule has 0 aliphatic rings. The van der Waals surface area contributed by atoms with Gasteiger partial charge in [-0.15, -0.1) is 0 Å². The molecule has 30 heavy (non-hydrogen) atoms. The lowest BCUT2D eigenvalue weighted by Crippen LogP contribution is -2.32. The summed E-state index contributed by atoms with van der Waals surface area (Å²) in [5.74, 6) is -0.0742. The first-order valence-electron chi connectivity index (χ1n) is 10.5. The molecule has 0 fully saturated rings. The number of anilines is 1. The summed E-state index contributed by atoms with van der Waals surface area (Å²) in [5.41, 5.74) is 6.50. The summed E-state index contributed by atoms with van der Waals surface area (Å²) in [5, 5.41) is 3.04. The smallest absolute Gasteiger partial charge is 0.232 e. The first-order chi connectivity index (χ1) is 14.0. The number of rotatable bonds is 9. The first kappa shape index (κ1) is 23.9. The first-order valence-corrected chi connectivity index (χ1v) is 12.3. The Morgan fingerprint density at radius 1 is 1.03 bits per heavy atom. The second kappa shape index (κ2) is 10.1. The summed E-state index contributed by atoms with van der Waals surface area (Å²) < 4.78 is 25.9. The Labute approximate surface area is 181 Å². The van der Waals surface area contributed by atoms with E-state index in [4.69, 9.17) is 0 Å². The number of hydrogen-bond acceptors (Lipinski definition) is 3. The number of nitrogens with one attached hydrogen (secondary N) is 1. The van der Waals surface area contributed by atoms with Crippen LogP contribution in [-0.4, -0.2) is 27.1 Å². The van der Waals surface area contributed by atoms with Crippen LogP contribution < -0.4 is 9.62 Å². The minimum absolute atomic E-state index is 0.0742. The molecule has 0 saturated heterocycles. The summed E-state index contributed by atoms with van der Waals surface area (Å²) >= 11 is 0. The van der Waals surface area contributed by atoms with Gasteiger partial charge in [0.05, 0.1) is 18.0 Å². The SMILES string of the molecule is CCc1ccc(N(CCCC(=O)N[C@H](C)c2cc(C)c(C)cc2C)S(C)(=O)=O)cc1. The largest absolute Gasteiger partial charge is 0.350 e. The number of sulfonamides is 1. The molecule has 0 unspecified atom stereocenters. The van der Waals surface area contributed by atoms with Crippen LogP contribution in [0.1, 0.15) is 60.5 Å². The second-order valence-electron chi connectivity index (χ2n) is 8.04. The quantitative estimate of drug-likeness (QED) is 0.632. The van der Waals surface area contributed by atoms with E-state index in [1.54, 1.807) is 0 Å². The number of hydrogen-bond donors (Lipinski definition) is 1. The Hall–Kier alpha value is -2.34. The van der Waals surface area contributed by atoms with E-state index in [1.807, 2.05) is 31.2 Å². The van der Waals surface area contributed by atoms with Crippen molar-refractivity contribution in [2.45, 2.75) is 59.9 Å². The van der Waals surface area contributed by atoms with E-state index in [9.17, 15) is 13.2 Å². The fourth-order valence-electron chi connectivity index (χ4n) is 3.61. The molecule has 0 radical (unpaired) electrons. The van der Waals surface area contributed by atoms with Gasteiger partial charge >= 0.3 is 0 Å². The highest BCUT2D eigenvalue weighted by Crippen LogP contribution is 2.22. The van der Waals surface area contributed by atoms with Gasteiger partial charge in [-0.25, -0.2) is 8.42 Å². The van der Waals surface area contributed by atoms with Gasteiger partial charge in [-0.1, -0.05) is 31.2 Å². The lowest BCUT2D eigenvalue weighted by atomic mass is 9.96. The molecule has 2 aromatic rings. The van der Waals surface area contributed by atoms with E-state index >= 15 is 0 Å². The van der Waals surface area contributed by atoms with Crippen LogP contribution in [0.15, 0.2) is 36.4 Å². The molecule has 0 saturated carbocycles. The molecule has 0 spiro atoms. The van der Waals surface area contributed by atoms with Gasteiger partial charge in [0.25, 0.3) is 0 Å². The number of carbonyl (C=O) groups excluding carboxylic acids is 1. The zero-order valence-electron chi connectivity index (χ0n) is 19.0. The van der Waals surface area contributed by atoms with Crippen molar-refractivity contribution in [2.24, 2.45) is 0 Å². The maximum atomic E-state index is 12.5. The molecular formula is C24H34N2O3S. The van der Waals surface area contributed by atoms with Crippen molar-refractivity contribution in [3.8, 4) is 0 Å². The molecule has 1 atom stereocenters. The van der Waals surface area contributed by atoms with Crippen LogP contribution >= 0.6 is 0 Å². The van der Waals surface area contributed by atoms with Crippen LogP contribution in [0, 0.1) is 20.8 Å². The summed E-state index contributed by atoms with van der Waals surface area (Å²) in [6.45, 7) is 10.5. The summed E-state index contributed by atoms with van der Waals surface area (Å²) in [6, 6.07) is 11.7. The van der Waals surface area contributed by atoms with Gasteiger partial charge in [0.15, 0.2) is 0 Å². The van der Waals surface area contributed by atoms with Crippen molar-refractivity contribution in [2.75, 3.05) is 17.1 Å². The van der Waals surface area contributed by atoms with Crippen molar-refractivity contribution >= 4 is 21.6 Å². The van der Waals surface area contributed by atoms with Gasteiger partial charge in [0.2, 0.25) is 15.9 Å². The predicted molar refractivity (Wildman–Crippen MR) is 124 cm³/mol. The Kier molecular flexibility index (Phi) is 8.07. The van der Waals surface area contributed by atoms with E-state index in [-0.39, 0.29) is 24.9 Å². The van der Waals surface area contributed by atoms with Crippen molar-refractivity contribution in [3.05, 3.63) is 64.2 Å². The summed E-state index contributed by atoms with van der Waals surface area (Å²) in [6.07, 6.45) is 2.82. The van der Waals surface area contributed by atoms with Crippen LogP contribution in [0.5, 0.6) is 0 Å². The highest BCUT2D eigenvalue weighted by atomic mass is 32.2. The number of aryl methyl sites for hydroxylation is 4. The Balaban J connectivity index is 1.98. The Morgan fingerprint density at radius 3 is 2.20 bits per heavy atom. The molecule has 2 aromatic carbocycles. The van der Waals surface area contributed by atoms with E-state index in [0.717, 1.165) is 23.1 Å². The molecule has 0 bridgehead atoms. The molecule has 2 rings (SSSR count). The molecule has 164 valence electrons. The van der Waals surface area contributed by atoms with Crippen molar-refractivity contribution in [3.63, 3.8) is 0 Å². The molecular weight excluding hydrogens is 396 g/mol. The number of nitrogens with zero attached hydrogens (tertiary/aromatic N) is 1. The lowest BCUT2D eigenvalue weighted by Gasteiger charge is -2.23. The van der Waals surface area contributed by atoms with E-state index in [0.29, 0.717) is 12.1 Å². The molecule has 5 nitrogen and oxygen atoms in total. The Morgan fingerprint density at radius 2 is 1.63 bits per heavy atom. The summed E-state index contributed by atoms with van der Waals surface area (Å²) in [7, 11) is -3.41. The van der Waals surface area contributed by atoms with E-state index in [1.165, 1.54) is 21.7 Å². The standard InChI is InChI=1S/C24H34N2O3S/c1-7-21-10-12-22(13-11-21)26(30(6,28)29)14-8-9-24(27)25-20(5)23-16-18(3)17(2)15-19(23)4/h10-13,15-16,20H,7-9,14H2,1-6H3,(H,25,27)/t20-/m1/s1. The van der Waals surface area contributed by atoms with Crippen LogP contribution in [0.25, 0.3) is 0 Å². The van der Waals surface area contributed by atoms with Crippen LogP contribution in [-0.2, 0) is 21.2 Å². The average molecular weight is 431 g/mol. The zero-order valence-corrected chi connectivity index (χ0v) is 19.8. The van der Waals surface area contributed by atoms with Gasteiger partial charge in [-0.05, 0) is 80.5 Å². The van der Waals surface area contributed by atoms with Crippen molar-refractivity contribution in [1.82, 2.24) is 5.32 Å². The fourth-order valence-corrected chi connectivity index (χ4v) is 4.57.